The van der Waals surface area contributed by atoms with Crippen LogP contribution in [0.3, 0.4) is 0 Å². The molecule has 4 rings (SSSR count). The number of piperidine rings is 1. The van der Waals surface area contributed by atoms with Crippen LogP contribution < -0.4 is 4.74 Å². The van der Waals surface area contributed by atoms with Gasteiger partial charge in [-0.25, -0.2) is 9.59 Å². The van der Waals surface area contributed by atoms with Gasteiger partial charge in [0.25, 0.3) is 11.6 Å². The average Bonchev–Trinajstić information content (AvgIpc) is 3.25. The fourth-order valence-electron chi connectivity index (χ4n) is 4.15. The van der Waals surface area contributed by atoms with Gasteiger partial charge in [-0.3, -0.25) is 4.90 Å². The largest absolute Gasteiger partial charge is 0.476 e. The molecule has 1 aromatic heterocycles. The number of hydrogen-bond donors (Lipinski definition) is 0. The van der Waals surface area contributed by atoms with Crippen molar-refractivity contribution in [2.24, 2.45) is 5.92 Å². The molecule has 0 aromatic carbocycles. The van der Waals surface area contributed by atoms with E-state index in [2.05, 4.69) is 20.6 Å². The first-order valence-corrected chi connectivity index (χ1v) is 10.0. The number of rotatable bonds is 7. The molecule has 142 valence electrons. The van der Waals surface area contributed by atoms with Crippen molar-refractivity contribution in [2.45, 2.75) is 57.3 Å². The molecule has 4 unspecified atom stereocenters. The molecule has 3 fully saturated rings. The summed E-state index contributed by atoms with van der Waals surface area (Å²) in [6.45, 7) is 4.25. The first-order valence-electron chi connectivity index (χ1n) is 9.30. The molecule has 2 bridgehead atoms. The molecule has 0 amide bonds. The predicted molar refractivity (Wildman–Crippen MR) is 91.5 cm³/mol. The number of esters is 2. The van der Waals surface area contributed by atoms with Gasteiger partial charge >= 0.3 is 11.9 Å². The third-order valence-electron chi connectivity index (χ3n) is 5.44. The van der Waals surface area contributed by atoms with Gasteiger partial charge in [0.15, 0.2) is 11.8 Å². The van der Waals surface area contributed by atoms with Crippen molar-refractivity contribution in [1.29, 1.82) is 0 Å². The lowest BCUT2D eigenvalue weighted by Crippen LogP contribution is -2.64. The van der Waals surface area contributed by atoms with E-state index < -0.39 is 23.8 Å². The lowest BCUT2D eigenvalue weighted by atomic mass is 9.87. The predicted octanol–water partition coefficient (Wildman–Crippen LogP) is 1.84. The average molecular weight is 381 g/mol. The maximum atomic E-state index is 12.1. The van der Waals surface area contributed by atoms with E-state index in [1.807, 2.05) is 0 Å². The maximum absolute atomic E-state index is 12.1. The molecule has 8 nitrogen and oxygen atoms in total. The fraction of sp³-hybridized carbons (Fsp3) is 0.765. The monoisotopic (exact) mass is 381 g/mol. The molecule has 3 saturated heterocycles. The summed E-state index contributed by atoms with van der Waals surface area (Å²) in [6, 6.07) is 0. The fourth-order valence-corrected chi connectivity index (χ4v) is 4.70. The molecule has 26 heavy (non-hydrogen) atoms. The Balaban J connectivity index is 1.60. The topological polar surface area (TPSA) is 90.9 Å². The molecule has 9 heteroatoms. The van der Waals surface area contributed by atoms with Crippen LogP contribution in [0.5, 0.6) is 5.88 Å². The Kier molecular flexibility index (Phi) is 4.83. The third kappa shape index (κ3) is 2.87. The van der Waals surface area contributed by atoms with Gasteiger partial charge in [0.1, 0.15) is 0 Å². The van der Waals surface area contributed by atoms with Gasteiger partial charge in [0.2, 0.25) is 0 Å². The van der Waals surface area contributed by atoms with E-state index in [1.54, 1.807) is 0 Å². The Labute approximate surface area is 156 Å². The van der Waals surface area contributed by atoms with Crippen molar-refractivity contribution >= 4 is 23.7 Å². The number of fused-ring (bicyclic) bond motifs is 4. The van der Waals surface area contributed by atoms with Gasteiger partial charge in [-0.15, -0.1) is 4.37 Å². The number of hydrogen-bond acceptors (Lipinski definition) is 9. The van der Waals surface area contributed by atoms with Crippen molar-refractivity contribution < 1.29 is 23.8 Å². The van der Waals surface area contributed by atoms with Crippen LogP contribution in [0.1, 0.15) is 51.1 Å². The van der Waals surface area contributed by atoms with Gasteiger partial charge in [0, 0.05) is 13.1 Å². The number of nitrogens with zero attached hydrogens (tertiary/aromatic N) is 3. The molecular formula is C17H23N3O5S. The van der Waals surface area contributed by atoms with Crippen LogP contribution in [0.25, 0.3) is 0 Å². The highest BCUT2D eigenvalue weighted by atomic mass is 32.1. The Morgan fingerprint density at radius 3 is 3.00 bits per heavy atom. The summed E-state index contributed by atoms with van der Waals surface area (Å²) in [6.07, 6.45) is 5.42. The lowest BCUT2D eigenvalue weighted by Gasteiger charge is -2.48. The highest BCUT2D eigenvalue weighted by Crippen LogP contribution is 2.50. The van der Waals surface area contributed by atoms with Crippen LogP contribution in [0.15, 0.2) is 0 Å². The van der Waals surface area contributed by atoms with Crippen LogP contribution in [0.2, 0.25) is 0 Å². The molecule has 1 aromatic rings. The molecule has 0 saturated carbocycles. The van der Waals surface area contributed by atoms with E-state index in [0.717, 1.165) is 50.5 Å². The second-order valence-corrected chi connectivity index (χ2v) is 7.67. The van der Waals surface area contributed by atoms with Crippen molar-refractivity contribution in [2.75, 3.05) is 19.7 Å². The van der Waals surface area contributed by atoms with Crippen molar-refractivity contribution in [3.63, 3.8) is 0 Å². The molecule has 3 aliphatic rings. The highest BCUT2D eigenvalue weighted by Gasteiger charge is 2.63. The smallest absolute Gasteiger partial charge is 0.419 e. The second-order valence-electron chi connectivity index (χ2n) is 7.14. The summed E-state index contributed by atoms with van der Waals surface area (Å²) in [4.78, 5) is 25.9. The number of unbranched alkanes of at least 4 members (excludes halogenated alkanes) is 3. The standard InChI is InChI=1S/C17H23N3O5S/c1-2-3-4-5-8-23-14-13(18-26-19-14)17-12(24-15(21)16(22)25-17)9-11-6-7-20(17)10-11/h11-12H,2-10H2,1H3. The van der Waals surface area contributed by atoms with E-state index in [-0.39, 0.29) is 0 Å². The van der Waals surface area contributed by atoms with Crippen molar-refractivity contribution in [3.05, 3.63) is 5.69 Å². The summed E-state index contributed by atoms with van der Waals surface area (Å²) in [7, 11) is 0. The summed E-state index contributed by atoms with van der Waals surface area (Å²) in [5, 5.41) is 0. The number of carbonyl (C=O) groups excluding carboxylic acids is 2. The molecule has 0 radical (unpaired) electrons. The number of carbonyl (C=O) groups is 2. The molecular weight excluding hydrogens is 358 g/mol. The van der Waals surface area contributed by atoms with Crippen LogP contribution in [-0.4, -0.2) is 51.4 Å². The summed E-state index contributed by atoms with van der Waals surface area (Å²) in [5.74, 6) is -1.10. The number of ether oxygens (including phenoxy) is 3. The van der Waals surface area contributed by atoms with Crippen LogP contribution in [0.4, 0.5) is 0 Å². The Morgan fingerprint density at radius 1 is 1.27 bits per heavy atom. The highest BCUT2D eigenvalue weighted by molar-refractivity contribution is 6.99. The van der Waals surface area contributed by atoms with Gasteiger partial charge in [0.05, 0.1) is 18.3 Å². The van der Waals surface area contributed by atoms with Crippen molar-refractivity contribution in [3.8, 4) is 5.88 Å². The normalized spacial score (nSPS) is 32.7. The number of aromatic nitrogens is 2. The van der Waals surface area contributed by atoms with E-state index >= 15 is 0 Å². The second kappa shape index (κ2) is 7.11. The molecule has 3 aliphatic heterocycles. The lowest BCUT2D eigenvalue weighted by molar-refractivity contribution is -0.262. The van der Waals surface area contributed by atoms with E-state index in [0.29, 0.717) is 30.5 Å². The first-order chi connectivity index (χ1) is 12.6. The van der Waals surface area contributed by atoms with Crippen LogP contribution >= 0.6 is 11.7 Å². The van der Waals surface area contributed by atoms with Gasteiger partial charge in [-0.2, -0.15) is 4.37 Å². The van der Waals surface area contributed by atoms with Crippen LogP contribution in [0, 0.1) is 5.92 Å². The van der Waals surface area contributed by atoms with Gasteiger partial charge in [-0.05, 0) is 25.2 Å². The zero-order valence-corrected chi connectivity index (χ0v) is 15.6. The SMILES string of the molecule is CCCCCCOc1nsnc1C12OC(=O)C(=O)OC1CC1CCN2C1. The molecule has 4 heterocycles. The minimum atomic E-state index is -1.20. The summed E-state index contributed by atoms with van der Waals surface area (Å²) < 4.78 is 25.7. The minimum absolute atomic E-state index is 0.382. The van der Waals surface area contributed by atoms with E-state index in [9.17, 15) is 9.59 Å². The minimum Gasteiger partial charge on any atom is -0.476 e. The van der Waals surface area contributed by atoms with Gasteiger partial charge < -0.3 is 14.2 Å². The van der Waals surface area contributed by atoms with Gasteiger partial charge in [-0.1, -0.05) is 26.2 Å². The Bertz CT molecular complexity index is 696. The molecule has 4 atom stereocenters. The molecule has 0 spiro atoms. The summed E-state index contributed by atoms with van der Waals surface area (Å²) in [5.41, 5.74) is -0.742. The Hall–Kier alpha value is -1.74. The quantitative estimate of drug-likeness (QED) is 0.401. The molecule has 0 N–H and O–H groups in total. The van der Waals surface area contributed by atoms with Crippen LogP contribution in [-0.2, 0) is 24.8 Å². The Morgan fingerprint density at radius 2 is 2.15 bits per heavy atom. The zero-order valence-electron chi connectivity index (χ0n) is 14.8. The zero-order chi connectivity index (χ0) is 18.1. The first kappa shape index (κ1) is 17.7. The molecule has 0 aliphatic carbocycles. The van der Waals surface area contributed by atoms with E-state index in [4.69, 9.17) is 14.2 Å². The third-order valence-corrected chi connectivity index (χ3v) is 5.95. The maximum Gasteiger partial charge on any atom is 0.419 e. The van der Waals surface area contributed by atoms with E-state index in [1.165, 1.54) is 6.42 Å². The summed E-state index contributed by atoms with van der Waals surface area (Å²) >= 11 is 1.02. The van der Waals surface area contributed by atoms with Crippen molar-refractivity contribution in [1.82, 2.24) is 13.6 Å².